The lowest BCUT2D eigenvalue weighted by Gasteiger charge is -2.10. The Morgan fingerprint density at radius 1 is 0.958 bits per heavy atom. The summed E-state index contributed by atoms with van der Waals surface area (Å²) in [7, 11) is 0. The Bertz CT molecular complexity index is 831. The second kappa shape index (κ2) is 7.32. The van der Waals surface area contributed by atoms with E-state index in [0.29, 0.717) is 17.5 Å². The van der Waals surface area contributed by atoms with Gasteiger partial charge in [-0.3, -0.25) is 0 Å². The third kappa shape index (κ3) is 4.46. The molecule has 24 heavy (non-hydrogen) atoms. The molecule has 2 aromatic carbocycles. The summed E-state index contributed by atoms with van der Waals surface area (Å²) in [5, 5.41) is 7.21. The highest BCUT2D eigenvalue weighted by Gasteiger charge is 2.03. The molecule has 5 heteroatoms. The molecule has 4 nitrogen and oxygen atoms in total. The van der Waals surface area contributed by atoms with Crippen molar-refractivity contribution in [2.75, 3.05) is 10.6 Å². The molecule has 3 rings (SSSR count). The molecule has 2 N–H and O–H groups in total. The molecule has 0 spiro atoms. The van der Waals surface area contributed by atoms with Gasteiger partial charge in [0.1, 0.15) is 5.82 Å². The average Bonchev–Trinajstić information content (AvgIpc) is 2.54. The van der Waals surface area contributed by atoms with Gasteiger partial charge >= 0.3 is 0 Å². The maximum atomic E-state index is 6.02. The SMILES string of the molecule is Cc1ccc(CNc2nc(C)cc(Nc3cccc(Cl)c3)n2)cc1. The summed E-state index contributed by atoms with van der Waals surface area (Å²) in [5.74, 6) is 1.33. The Kier molecular flexibility index (Phi) is 4.96. The van der Waals surface area contributed by atoms with Crippen LogP contribution < -0.4 is 10.6 Å². The Balaban J connectivity index is 1.72. The van der Waals surface area contributed by atoms with Crippen LogP contribution in [-0.4, -0.2) is 9.97 Å². The van der Waals surface area contributed by atoms with Crippen LogP contribution in [0.2, 0.25) is 5.02 Å². The van der Waals surface area contributed by atoms with Crippen molar-refractivity contribution >= 4 is 29.1 Å². The van der Waals surface area contributed by atoms with E-state index in [1.54, 1.807) is 0 Å². The number of hydrogen-bond acceptors (Lipinski definition) is 4. The number of aryl methyl sites for hydroxylation is 2. The summed E-state index contributed by atoms with van der Waals surface area (Å²) in [6.07, 6.45) is 0. The van der Waals surface area contributed by atoms with Gasteiger partial charge in [0.15, 0.2) is 0 Å². The lowest BCUT2D eigenvalue weighted by atomic mass is 10.1. The molecule has 0 aliphatic heterocycles. The van der Waals surface area contributed by atoms with Crippen molar-refractivity contribution < 1.29 is 0 Å². The Labute approximate surface area is 146 Å². The van der Waals surface area contributed by atoms with Gasteiger partial charge in [-0.25, -0.2) is 4.98 Å². The van der Waals surface area contributed by atoms with Crippen molar-refractivity contribution in [2.45, 2.75) is 20.4 Å². The van der Waals surface area contributed by atoms with E-state index in [1.165, 1.54) is 11.1 Å². The number of rotatable bonds is 5. The molecule has 0 bridgehead atoms. The van der Waals surface area contributed by atoms with Crippen molar-refractivity contribution in [3.8, 4) is 0 Å². The number of aromatic nitrogens is 2. The van der Waals surface area contributed by atoms with E-state index < -0.39 is 0 Å². The molecule has 1 aromatic heterocycles. The summed E-state index contributed by atoms with van der Waals surface area (Å²) in [5.41, 5.74) is 4.22. The van der Waals surface area contributed by atoms with Gasteiger partial charge in [0, 0.05) is 29.0 Å². The Hall–Kier alpha value is -2.59. The van der Waals surface area contributed by atoms with Gasteiger partial charge in [-0.2, -0.15) is 4.98 Å². The standard InChI is InChI=1S/C19H19ClN4/c1-13-6-8-15(9-7-13)12-21-19-22-14(2)10-18(24-19)23-17-5-3-4-16(20)11-17/h3-11H,12H2,1-2H3,(H2,21,22,23,24). The molecule has 0 aliphatic carbocycles. The summed E-state index contributed by atoms with van der Waals surface area (Å²) < 4.78 is 0. The minimum Gasteiger partial charge on any atom is -0.350 e. The number of halogens is 1. The van der Waals surface area contributed by atoms with Crippen molar-refractivity contribution in [3.63, 3.8) is 0 Å². The molecule has 3 aromatic rings. The first-order valence-corrected chi connectivity index (χ1v) is 8.14. The van der Waals surface area contributed by atoms with Crippen molar-refractivity contribution in [3.05, 3.63) is 76.4 Å². The molecule has 0 fully saturated rings. The van der Waals surface area contributed by atoms with E-state index in [1.807, 2.05) is 37.3 Å². The average molecular weight is 339 g/mol. The fraction of sp³-hybridized carbons (Fsp3) is 0.158. The van der Waals surface area contributed by atoms with Crippen LogP contribution in [0.5, 0.6) is 0 Å². The van der Waals surface area contributed by atoms with E-state index in [9.17, 15) is 0 Å². The second-order valence-corrected chi connectivity index (χ2v) is 6.13. The molecule has 0 amide bonds. The van der Waals surface area contributed by atoms with Gasteiger partial charge < -0.3 is 10.6 Å². The van der Waals surface area contributed by atoms with Gasteiger partial charge in [-0.1, -0.05) is 47.5 Å². The van der Waals surface area contributed by atoms with E-state index in [4.69, 9.17) is 11.6 Å². The zero-order valence-corrected chi connectivity index (χ0v) is 14.4. The number of anilines is 3. The number of nitrogens with zero attached hydrogens (tertiary/aromatic N) is 2. The molecule has 0 aliphatic rings. The largest absolute Gasteiger partial charge is 0.350 e. The van der Waals surface area contributed by atoms with Gasteiger partial charge in [-0.05, 0) is 37.6 Å². The lowest BCUT2D eigenvalue weighted by molar-refractivity contribution is 1.03. The van der Waals surface area contributed by atoms with E-state index >= 15 is 0 Å². The minimum atomic E-state index is 0.597. The summed E-state index contributed by atoms with van der Waals surface area (Å²) in [6, 6.07) is 17.8. The Morgan fingerprint density at radius 2 is 1.75 bits per heavy atom. The monoisotopic (exact) mass is 338 g/mol. The molecule has 122 valence electrons. The highest BCUT2D eigenvalue weighted by atomic mass is 35.5. The minimum absolute atomic E-state index is 0.597. The van der Waals surface area contributed by atoms with Crippen molar-refractivity contribution in [2.24, 2.45) is 0 Å². The van der Waals surface area contributed by atoms with Crippen LogP contribution >= 0.6 is 11.6 Å². The van der Waals surface area contributed by atoms with Crippen molar-refractivity contribution in [1.82, 2.24) is 9.97 Å². The van der Waals surface area contributed by atoms with Crippen LogP contribution in [-0.2, 0) is 6.54 Å². The molecule has 0 atom stereocenters. The molecule has 0 radical (unpaired) electrons. The maximum Gasteiger partial charge on any atom is 0.225 e. The van der Waals surface area contributed by atoms with E-state index in [2.05, 4.69) is 51.8 Å². The normalized spacial score (nSPS) is 10.5. The van der Waals surface area contributed by atoms with Crippen LogP contribution in [0.4, 0.5) is 17.5 Å². The number of hydrogen-bond donors (Lipinski definition) is 2. The van der Waals surface area contributed by atoms with Crippen LogP contribution in [0.25, 0.3) is 0 Å². The molecule has 0 unspecified atom stereocenters. The fourth-order valence-electron chi connectivity index (χ4n) is 2.31. The summed E-state index contributed by atoms with van der Waals surface area (Å²) in [6.45, 7) is 4.71. The summed E-state index contributed by atoms with van der Waals surface area (Å²) >= 11 is 6.02. The first kappa shape index (κ1) is 16.3. The van der Waals surface area contributed by atoms with Gasteiger partial charge in [0.25, 0.3) is 0 Å². The maximum absolute atomic E-state index is 6.02. The van der Waals surface area contributed by atoms with Crippen molar-refractivity contribution in [1.29, 1.82) is 0 Å². The first-order valence-electron chi connectivity index (χ1n) is 7.76. The third-order valence-corrected chi connectivity index (χ3v) is 3.76. The molecular weight excluding hydrogens is 320 g/mol. The third-order valence-electron chi connectivity index (χ3n) is 3.52. The molecular formula is C19H19ClN4. The second-order valence-electron chi connectivity index (χ2n) is 5.69. The van der Waals surface area contributed by atoms with Gasteiger partial charge in [0.2, 0.25) is 5.95 Å². The van der Waals surface area contributed by atoms with Crippen LogP contribution in [0.15, 0.2) is 54.6 Å². The zero-order valence-electron chi connectivity index (χ0n) is 13.7. The highest BCUT2D eigenvalue weighted by Crippen LogP contribution is 2.20. The fourth-order valence-corrected chi connectivity index (χ4v) is 2.50. The summed E-state index contributed by atoms with van der Waals surface area (Å²) in [4.78, 5) is 8.95. The quantitative estimate of drug-likeness (QED) is 0.679. The predicted octanol–water partition coefficient (Wildman–Crippen LogP) is 5.10. The van der Waals surface area contributed by atoms with Gasteiger partial charge in [-0.15, -0.1) is 0 Å². The predicted molar refractivity (Wildman–Crippen MR) is 100 cm³/mol. The number of nitrogens with one attached hydrogen (secondary N) is 2. The van der Waals surface area contributed by atoms with Crippen LogP contribution in [0.1, 0.15) is 16.8 Å². The molecule has 0 saturated carbocycles. The van der Waals surface area contributed by atoms with Gasteiger partial charge in [0.05, 0.1) is 0 Å². The smallest absolute Gasteiger partial charge is 0.225 e. The highest BCUT2D eigenvalue weighted by molar-refractivity contribution is 6.30. The van der Waals surface area contributed by atoms with Crippen LogP contribution in [0.3, 0.4) is 0 Å². The lowest BCUT2D eigenvalue weighted by Crippen LogP contribution is -2.06. The van der Waals surface area contributed by atoms with Crippen LogP contribution in [0, 0.1) is 13.8 Å². The topological polar surface area (TPSA) is 49.8 Å². The van der Waals surface area contributed by atoms with E-state index in [0.717, 1.165) is 17.2 Å². The van der Waals surface area contributed by atoms with E-state index in [-0.39, 0.29) is 0 Å². The number of benzene rings is 2. The molecule has 1 heterocycles. The first-order chi connectivity index (χ1) is 11.6. The zero-order chi connectivity index (χ0) is 16.9. The Morgan fingerprint density at radius 3 is 2.50 bits per heavy atom. The molecule has 0 saturated heterocycles.